The summed E-state index contributed by atoms with van der Waals surface area (Å²) in [6, 6.07) is 4.66. The molecule has 1 amide bonds. The molecule has 178 valence electrons. The molecule has 0 fully saturated rings. The van der Waals surface area contributed by atoms with Crippen LogP contribution in [0.15, 0.2) is 34.5 Å². The normalized spacial score (nSPS) is 11.7. The number of methoxy groups -OCH3 is 2. The van der Waals surface area contributed by atoms with E-state index in [-0.39, 0.29) is 16.5 Å². The third kappa shape index (κ3) is 6.72. The number of halogens is 2. The van der Waals surface area contributed by atoms with Gasteiger partial charge in [0.05, 0.1) is 27.4 Å². The van der Waals surface area contributed by atoms with Gasteiger partial charge in [-0.2, -0.15) is 10.2 Å². The number of nitrogens with one attached hydrogen (secondary N) is 1. The molecule has 0 heterocycles. The highest BCUT2D eigenvalue weighted by atomic mass is 35.5. The Bertz CT molecular complexity index is 1020. The van der Waals surface area contributed by atoms with Crippen molar-refractivity contribution in [2.75, 3.05) is 32.8 Å². The van der Waals surface area contributed by atoms with Gasteiger partial charge in [-0.15, -0.1) is 0 Å². The molecule has 11 heteroatoms. The van der Waals surface area contributed by atoms with Crippen molar-refractivity contribution in [3.8, 4) is 23.0 Å². The van der Waals surface area contributed by atoms with E-state index in [0.29, 0.717) is 41.2 Å². The molecule has 33 heavy (non-hydrogen) atoms. The van der Waals surface area contributed by atoms with Crippen LogP contribution in [0.25, 0.3) is 0 Å². The van der Waals surface area contributed by atoms with Crippen LogP contribution in [0.4, 0.5) is 11.4 Å². The highest BCUT2D eigenvalue weighted by Crippen LogP contribution is 2.40. The van der Waals surface area contributed by atoms with E-state index in [1.54, 1.807) is 19.9 Å². The van der Waals surface area contributed by atoms with Gasteiger partial charge in [0.25, 0.3) is 5.91 Å². The molecule has 2 rings (SSSR count). The first-order valence-corrected chi connectivity index (χ1v) is 10.7. The molecule has 2 aromatic rings. The number of benzene rings is 2. The second kappa shape index (κ2) is 12.3. The highest BCUT2D eigenvalue weighted by Gasteiger charge is 2.25. The molecule has 0 saturated heterocycles. The number of rotatable bonds is 11. The SMILES string of the molecule is CCOc1cc(NC(=O)C(N=Nc2cc(Cl)cc(OC)c2OC)C(C)=O)cc(OCC)c1Cl. The predicted octanol–water partition coefficient (Wildman–Crippen LogP) is 5.49. The average Bonchev–Trinajstić information content (AvgIpc) is 2.76. The molecular formula is C22H25Cl2N3O6. The minimum absolute atomic E-state index is 0.199. The lowest BCUT2D eigenvalue weighted by atomic mass is 10.2. The smallest absolute Gasteiger partial charge is 0.258 e. The minimum Gasteiger partial charge on any atom is -0.493 e. The fourth-order valence-corrected chi connectivity index (χ4v) is 3.22. The van der Waals surface area contributed by atoms with Crippen LogP contribution in [0.1, 0.15) is 20.8 Å². The van der Waals surface area contributed by atoms with Crippen LogP contribution >= 0.6 is 23.2 Å². The Hall–Kier alpha value is -3.04. The van der Waals surface area contributed by atoms with E-state index in [1.807, 2.05) is 0 Å². The van der Waals surface area contributed by atoms with Crippen molar-refractivity contribution in [2.45, 2.75) is 26.8 Å². The van der Waals surface area contributed by atoms with Crippen LogP contribution in [-0.4, -0.2) is 45.2 Å². The Labute approximate surface area is 202 Å². The molecule has 0 radical (unpaired) electrons. The van der Waals surface area contributed by atoms with Crippen molar-refractivity contribution in [1.29, 1.82) is 0 Å². The van der Waals surface area contributed by atoms with Crippen molar-refractivity contribution in [1.82, 2.24) is 0 Å². The van der Waals surface area contributed by atoms with E-state index in [4.69, 9.17) is 42.1 Å². The van der Waals surface area contributed by atoms with Crippen LogP contribution in [0, 0.1) is 0 Å². The van der Waals surface area contributed by atoms with Crippen molar-refractivity contribution in [2.24, 2.45) is 10.2 Å². The van der Waals surface area contributed by atoms with E-state index in [1.165, 1.54) is 39.3 Å². The first-order valence-electron chi connectivity index (χ1n) is 9.98. The molecule has 0 bridgehead atoms. The van der Waals surface area contributed by atoms with Gasteiger partial charge in [-0.05, 0) is 26.8 Å². The third-order valence-electron chi connectivity index (χ3n) is 4.21. The van der Waals surface area contributed by atoms with Gasteiger partial charge in [-0.25, -0.2) is 0 Å². The van der Waals surface area contributed by atoms with Gasteiger partial charge >= 0.3 is 0 Å². The molecule has 0 aliphatic rings. The number of nitrogens with zero attached hydrogens (tertiary/aromatic N) is 2. The lowest BCUT2D eigenvalue weighted by Crippen LogP contribution is -2.31. The Morgan fingerprint density at radius 3 is 2.06 bits per heavy atom. The fraction of sp³-hybridized carbons (Fsp3) is 0.364. The zero-order valence-corrected chi connectivity index (χ0v) is 20.4. The molecule has 0 spiro atoms. The lowest BCUT2D eigenvalue weighted by molar-refractivity contribution is -0.126. The van der Waals surface area contributed by atoms with Crippen LogP contribution in [0.5, 0.6) is 23.0 Å². The van der Waals surface area contributed by atoms with E-state index < -0.39 is 17.7 Å². The zero-order chi connectivity index (χ0) is 24.5. The molecule has 0 aliphatic heterocycles. The number of ketones is 1. The van der Waals surface area contributed by atoms with E-state index in [0.717, 1.165) is 0 Å². The van der Waals surface area contributed by atoms with Gasteiger partial charge in [0.2, 0.25) is 6.04 Å². The fourth-order valence-electron chi connectivity index (χ4n) is 2.80. The van der Waals surface area contributed by atoms with Gasteiger partial charge in [0, 0.05) is 28.9 Å². The number of Topliss-reactive ketones (excluding diaryl/α,β-unsaturated/α-hetero) is 1. The largest absolute Gasteiger partial charge is 0.493 e. The van der Waals surface area contributed by atoms with Crippen molar-refractivity contribution < 1.29 is 28.5 Å². The summed E-state index contributed by atoms with van der Waals surface area (Å²) in [6.07, 6.45) is 0. The quantitative estimate of drug-likeness (QED) is 0.324. The summed E-state index contributed by atoms with van der Waals surface area (Å²) in [5.41, 5.74) is 0.518. The number of ether oxygens (including phenoxy) is 4. The van der Waals surface area contributed by atoms with E-state index >= 15 is 0 Å². The summed E-state index contributed by atoms with van der Waals surface area (Å²) < 4.78 is 21.5. The second-order valence-electron chi connectivity index (χ2n) is 6.53. The maximum absolute atomic E-state index is 12.9. The lowest BCUT2D eigenvalue weighted by Gasteiger charge is -2.15. The highest BCUT2D eigenvalue weighted by molar-refractivity contribution is 6.33. The van der Waals surface area contributed by atoms with Crippen LogP contribution in [-0.2, 0) is 9.59 Å². The van der Waals surface area contributed by atoms with Crippen molar-refractivity contribution >= 4 is 46.3 Å². The van der Waals surface area contributed by atoms with E-state index in [9.17, 15) is 9.59 Å². The Morgan fingerprint density at radius 2 is 1.58 bits per heavy atom. The summed E-state index contributed by atoms with van der Waals surface area (Å²) in [5.74, 6) is 0.0265. The molecule has 1 atom stereocenters. The molecule has 0 saturated carbocycles. The minimum atomic E-state index is -1.43. The monoisotopic (exact) mass is 497 g/mol. The van der Waals surface area contributed by atoms with E-state index in [2.05, 4.69) is 15.5 Å². The topological polar surface area (TPSA) is 108 Å². The first kappa shape index (κ1) is 26.2. The molecule has 2 aromatic carbocycles. The third-order valence-corrected chi connectivity index (χ3v) is 4.80. The van der Waals surface area contributed by atoms with Crippen molar-refractivity contribution in [3.63, 3.8) is 0 Å². The van der Waals surface area contributed by atoms with Gasteiger partial charge in [0.1, 0.15) is 22.2 Å². The van der Waals surface area contributed by atoms with Gasteiger partial charge in [-0.1, -0.05) is 23.2 Å². The van der Waals surface area contributed by atoms with Gasteiger partial charge in [0.15, 0.2) is 17.3 Å². The maximum atomic E-state index is 12.9. The van der Waals surface area contributed by atoms with Gasteiger partial charge in [-0.3, -0.25) is 9.59 Å². The Morgan fingerprint density at radius 1 is 0.970 bits per heavy atom. The number of azo groups is 1. The van der Waals surface area contributed by atoms with Crippen molar-refractivity contribution in [3.05, 3.63) is 34.3 Å². The average molecular weight is 498 g/mol. The van der Waals surface area contributed by atoms with Crippen LogP contribution in [0.2, 0.25) is 10.0 Å². The Balaban J connectivity index is 2.36. The standard InChI is InChI=1S/C22H25Cl2N3O6/c1-6-32-16-10-14(11-17(19(16)24)33-7-2)25-22(29)20(12(3)28)27-26-15-8-13(23)9-18(30-4)21(15)31-5/h8-11,20H,6-7H2,1-5H3,(H,25,29). The summed E-state index contributed by atoms with van der Waals surface area (Å²) >= 11 is 12.4. The summed E-state index contributed by atoms with van der Waals surface area (Å²) in [5, 5.41) is 11.2. The molecule has 0 aromatic heterocycles. The first-order chi connectivity index (χ1) is 15.7. The predicted molar refractivity (Wildman–Crippen MR) is 126 cm³/mol. The zero-order valence-electron chi connectivity index (χ0n) is 18.9. The number of hydrogen-bond acceptors (Lipinski definition) is 8. The molecule has 0 aliphatic carbocycles. The number of hydrogen-bond donors (Lipinski definition) is 1. The molecule has 1 unspecified atom stereocenters. The molecule has 1 N–H and O–H groups in total. The number of amides is 1. The Kier molecular flexibility index (Phi) is 9.74. The summed E-state index contributed by atoms with van der Waals surface area (Å²) in [4.78, 5) is 25.0. The maximum Gasteiger partial charge on any atom is 0.258 e. The summed E-state index contributed by atoms with van der Waals surface area (Å²) in [6.45, 7) is 5.55. The molecule has 9 nitrogen and oxygen atoms in total. The van der Waals surface area contributed by atoms with Gasteiger partial charge < -0.3 is 24.3 Å². The number of carbonyl (C=O) groups is 2. The number of anilines is 1. The number of carbonyl (C=O) groups excluding carboxylic acids is 2. The van der Waals surface area contributed by atoms with Crippen LogP contribution in [0.3, 0.4) is 0 Å². The summed E-state index contributed by atoms with van der Waals surface area (Å²) in [7, 11) is 2.87. The second-order valence-corrected chi connectivity index (χ2v) is 7.35. The van der Waals surface area contributed by atoms with Crippen LogP contribution < -0.4 is 24.3 Å². The molecular weight excluding hydrogens is 473 g/mol.